The van der Waals surface area contributed by atoms with Gasteiger partial charge in [0.25, 0.3) is 0 Å². The van der Waals surface area contributed by atoms with Gasteiger partial charge in [0.1, 0.15) is 6.29 Å². The molecule has 0 aliphatic heterocycles. The quantitative estimate of drug-likeness (QED) is 0.0708. The van der Waals surface area contributed by atoms with Crippen LogP contribution >= 0.6 is 0 Å². The number of carbonyl (C=O) groups excluding carboxylic acids is 1. The van der Waals surface area contributed by atoms with Crippen molar-refractivity contribution in [3.63, 3.8) is 0 Å². The fourth-order valence-corrected chi connectivity index (χ4v) is 4.58. The Balaban J connectivity index is -0.000000789. The fraction of sp³-hybridized carbons (Fsp3) is 0.615. The molecule has 44 heavy (non-hydrogen) atoms. The van der Waals surface area contributed by atoms with Gasteiger partial charge in [-0.2, -0.15) is 0 Å². The van der Waals surface area contributed by atoms with E-state index < -0.39 is 0 Å². The number of aldehydes is 1. The fourth-order valence-electron chi connectivity index (χ4n) is 4.58. The molecule has 0 heterocycles. The standard InChI is InChI=1S/C22H31N3O.C13H27N.2C2H6/c1-7-9-21(20-12-10-19(15-26)11-13-20)25-18(5)17(4)22(23-6)14-16(3)24-8-2;1-6-8-9-10-13(7-2)12(5)14-11(3)4;2*1-2/h8,10-13,15-16,21,25H,4-5,7,9,14H2,1-3,6H3;11,13-14H,5-10H2,1-4H3;2*1-2H3/t16?,21-;;;/m0.../s1. The van der Waals surface area contributed by atoms with Gasteiger partial charge in [-0.05, 0) is 64.7 Å². The first-order valence-corrected chi connectivity index (χ1v) is 17.2. The molecule has 0 bridgehead atoms. The lowest BCUT2D eigenvalue weighted by atomic mass is 9.95. The summed E-state index contributed by atoms with van der Waals surface area (Å²) in [6, 6.07) is 8.45. The molecule has 0 aromatic heterocycles. The maximum Gasteiger partial charge on any atom is 0.150 e. The number of aliphatic imine (C=N–C) groups is 2. The Hall–Kier alpha value is -2.95. The van der Waals surface area contributed by atoms with Gasteiger partial charge in [-0.1, -0.05) is 118 Å². The SMILES string of the molecule is C=C(NC(C)C)C(CC)CCCCC.C=C(N[C@@H](CCC)c1ccc(C=O)cc1)C(=C)C(CC(C)N=CC)=NC.CC.CC. The minimum absolute atomic E-state index is 0.120. The van der Waals surface area contributed by atoms with E-state index in [-0.39, 0.29) is 12.1 Å². The minimum Gasteiger partial charge on any atom is -0.386 e. The van der Waals surface area contributed by atoms with Gasteiger partial charge in [-0.3, -0.25) is 14.8 Å². The van der Waals surface area contributed by atoms with E-state index >= 15 is 0 Å². The number of rotatable bonds is 19. The normalized spacial score (nSPS) is 12.7. The molecule has 5 nitrogen and oxygen atoms in total. The van der Waals surface area contributed by atoms with Gasteiger partial charge in [0.15, 0.2) is 0 Å². The topological polar surface area (TPSA) is 65.8 Å². The van der Waals surface area contributed by atoms with Crippen molar-refractivity contribution in [2.45, 2.75) is 146 Å². The van der Waals surface area contributed by atoms with Crippen molar-refractivity contribution in [3.05, 3.63) is 72.1 Å². The average Bonchev–Trinajstić information content (AvgIpc) is 3.03. The van der Waals surface area contributed by atoms with Crippen LogP contribution in [0.2, 0.25) is 0 Å². The molecule has 252 valence electrons. The van der Waals surface area contributed by atoms with Crippen LogP contribution in [0.4, 0.5) is 0 Å². The predicted molar refractivity (Wildman–Crippen MR) is 201 cm³/mol. The van der Waals surface area contributed by atoms with Gasteiger partial charge in [-0.15, -0.1) is 0 Å². The Morgan fingerprint density at radius 3 is 1.91 bits per heavy atom. The summed E-state index contributed by atoms with van der Waals surface area (Å²) < 4.78 is 0. The van der Waals surface area contributed by atoms with Crippen LogP contribution in [0.25, 0.3) is 0 Å². The van der Waals surface area contributed by atoms with Crippen LogP contribution in [0, 0.1) is 5.92 Å². The summed E-state index contributed by atoms with van der Waals surface area (Å²) in [7, 11) is 1.78. The van der Waals surface area contributed by atoms with Crippen molar-refractivity contribution in [2.75, 3.05) is 7.05 Å². The van der Waals surface area contributed by atoms with Gasteiger partial charge < -0.3 is 10.6 Å². The average molecular weight is 611 g/mol. The summed E-state index contributed by atoms with van der Waals surface area (Å²) in [6.07, 6.45) is 11.9. The van der Waals surface area contributed by atoms with Crippen LogP contribution in [-0.2, 0) is 0 Å². The Morgan fingerprint density at radius 2 is 1.48 bits per heavy atom. The van der Waals surface area contributed by atoms with E-state index in [1.807, 2.05) is 65.1 Å². The Labute approximate surface area is 273 Å². The second-order valence-electron chi connectivity index (χ2n) is 10.8. The second kappa shape index (κ2) is 30.1. The third-order valence-corrected chi connectivity index (χ3v) is 6.89. The van der Waals surface area contributed by atoms with Gasteiger partial charge in [-0.25, -0.2) is 0 Å². The molecule has 2 unspecified atom stereocenters. The molecule has 0 aliphatic rings. The first-order chi connectivity index (χ1) is 21.1. The number of allylic oxidation sites excluding steroid dienone is 2. The molecule has 2 N–H and O–H groups in total. The van der Waals surface area contributed by atoms with Crippen molar-refractivity contribution in [1.29, 1.82) is 0 Å². The van der Waals surface area contributed by atoms with Gasteiger partial charge in [0.05, 0.1) is 12.1 Å². The Kier molecular flexibility index (Phi) is 31.1. The highest BCUT2D eigenvalue weighted by Gasteiger charge is 2.16. The molecule has 1 aromatic carbocycles. The van der Waals surface area contributed by atoms with Crippen molar-refractivity contribution < 1.29 is 4.79 Å². The lowest BCUT2D eigenvalue weighted by Gasteiger charge is -2.23. The van der Waals surface area contributed by atoms with Crippen molar-refractivity contribution in [3.8, 4) is 0 Å². The summed E-state index contributed by atoms with van der Waals surface area (Å²) >= 11 is 0. The molecule has 1 aromatic rings. The third kappa shape index (κ3) is 20.9. The van der Waals surface area contributed by atoms with Gasteiger partial charge >= 0.3 is 0 Å². The Bertz CT molecular complexity index is 943. The van der Waals surface area contributed by atoms with E-state index in [1.165, 1.54) is 37.8 Å². The van der Waals surface area contributed by atoms with Crippen LogP contribution in [0.1, 0.15) is 149 Å². The van der Waals surface area contributed by atoms with Crippen LogP contribution in [0.3, 0.4) is 0 Å². The minimum atomic E-state index is 0.120. The van der Waals surface area contributed by atoms with Crippen molar-refractivity contribution >= 4 is 18.2 Å². The molecule has 0 saturated carbocycles. The smallest absolute Gasteiger partial charge is 0.150 e. The van der Waals surface area contributed by atoms with Crippen LogP contribution in [-0.4, -0.2) is 37.3 Å². The van der Waals surface area contributed by atoms with Gasteiger partial charge in [0, 0.05) is 47.8 Å². The third-order valence-electron chi connectivity index (χ3n) is 6.89. The molecule has 3 atom stereocenters. The molecule has 0 radical (unpaired) electrons. The molecule has 0 fully saturated rings. The first kappa shape index (κ1) is 45.5. The molecule has 1 rings (SSSR count). The van der Waals surface area contributed by atoms with E-state index in [2.05, 4.69) is 81.9 Å². The highest BCUT2D eigenvalue weighted by atomic mass is 16.1. The van der Waals surface area contributed by atoms with E-state index in [4.69, 9.17) is 0 Å². The van der Waals surface area contributed by atoms with E-state index in [9.17, 15) is 4.79 Å². The molecule has 0 amide bonds. The number of unbranched alkanes of at least 4 members (excludes halogenated alkanes) is 2. The number of hydrogen-bond donors (Lipinski definition) is 2. The largest absolute Gasteiger partial charge is 0.386 e. The zero-order chi connectivity index (χ0) is 34.5. The number of carbonyl (C=O) groups is 1. The summed E-state index contributed by atoms with van der Waals surface area (Å²) in [5, 5.41) is 6.92. The predicted octanol–water partition coefficient (Wildman–Crippen LogP) is 11.1. The van der Waals surface area contributed by atoms with E-state index in [0.717, 1.165) is 48.1 Å². The maximum atomic E-state index is 10.9. The monoisotopic (exact) mass is 611 g/mol. The van der Waals surface area contributed by atoms with Crippen LogP contribution in [0.15, 0.2) is 71.0 Å². The lowest BCUT2D eigenvalue weighted by Crippen LogP contribution is -2.25. The summed E-state index contributed by atoms with van der Waals surface area (Å²) in [5.74, 6) is 0.670. The van der Waals surface area contributed by atoms with E-state index in [1.54, 1.807) is 7.05 Å². The maximum absolute atomic E-state index is 10.9. The van der Waals surface area contributed by atoms with Crippen LogP contribution < -0.4 is 10.6 Å². The van der Waals surface area contributed by atoms with Crippen molar-refractivity contribution in [2.24, 2.45) is 15.9 Å². The van der Waals surface area contributed by atoms with E-state index in [0.29, 0.717) is 17.5 Å². The number of benzene rings is 1. The summed E-state index contributed by atoms with van der Waals surface area (Å²) in [6.45, 7) is 35.5. The summed E-state index contributed by atoms with van der Waals surface area (Å²) in [5.41, 5.74) is 5.54. The molecule has 0 saturated heterocycles. The first-order valence-electron chi connectivity index (χ1n) is 17.2. The number of hydrogen-bond acceptors (Lipinski definition) is 5. The zero-order valence-corrected chi connectivity index (χ0v) is 30.9. The van der Waals surface area contributed by atoms with Gasteiger partial charge in [0.2, 0.25) is 0 Å². The molecular weight excluding hydrogens is 540 g/mol. The number of nitrogens with zero attached hydrogens (tertiary/aromatic N) is 2. The van der Waals surface area contributed by atoms with Crippen molar-refractivity contribution in [1.82, 2.24) is 10.6 Å². The lowest BCUT2D eigenvalue weighted by molar-refractivity contribution is 0.112. The second-order valence-corrected chi connectivity index (χ2v) is 10.8. The van der Waals surface area contributed by atoms with Crippen LogP contribution in [0.5, 0.6) is 0 Å². The highest BCUT2D eigenvalue weighted by molar-refractivity contribution is 6.03. The molecule has 0 spiro atoms. The molecular formula is C39H70N4O. The molecule has 5 heteroatoms. The zero-order valence-electron chi connectivity index (χ0n) is 30.9. The Morgan fingerprint density at radius 1 is 0.886 bits per heavy atom. The highest BCUT2D eigenvalue weighted by Crippen LogP contribution is 2.23. The number of nitrogens with one attached hydrogen (secondary N) is 2. The summed E-state index contributed by atoms with van der Waals surface area (Å²) in [4.78, 5) is 19.6. The molecule has 0 aliphatic carbocycles.